The molecule has 0 amide bonds. The van der Waals surface area contributed by atoms with E-state index in [9.17, 15) is 4.79 Å². The van der Waals surface area contributed by atoms with Crippen LogP contribution in [0.2, 0.25) is 0 Å². The van der Waals surface area contributed by atoms with Crippen LogP contribution in [0.5, 0.6) is 0 Å². The van der Waals surface area contributed by atoms with E-state index in [1.807, 2.05) is 0 Å². The van der Waals surface area contributed by atoms with Crippen LogP contribution in [0, 0.1) is 0 Å². The molecule has 1 saturated carbocycles. The lowest BCUT2D eigenvalue weighted by Gasteiger charge is -2.10. The summed E-state index contributed by atoms with van der Waals surface area (Å²) in [5, 5.41) is 12.1. The van der Waals surface area contributed by atoms with Crippen molar-refractivity contribution in [1.29, 1.82) is 0 Å². The Morgan fingerprint density at radius 1 is 1.38 bits per heavy atom. The third kappa shape index (κ3) is 2.45. The minimum atomic E-state index is -0.979. The molecule has 0 spiro atoms. The number of carboxylic acids is 1. The highest BCUT2D eigenvalue weighted by Gasteiger charge is 2.21. The van der Waals surface area contributed by atoms with E-state index in [0.29, 0.717) is 11.5 Å². The monoisotopic (exact) mass is 213 g/mol. The van der Waals surface area contributed by atoms with Crippen molar-refractivity contribution in [1.82, 2.24) is 5.32 Å². The van der Waals surface area contributed by atoms with Crippen LogP contribution in [0.3, 0.4) is 0 Å². The van der Waals surface area contributed by atoms with E-state index in [1.54, 1.807) is 12.1 Å². The fraction of sp³-hybridized carbons (Fsp3) is 0.250. The van der Waals surface area contributed by atoms with Gasteiger partial charge in [0.2, 0.25) is 0 Å². The van der Waals surface area contributed by atoms with Gasteiger partial charge in [-0.1, -0.05) is 24.2 Å². The number of benzene rings is 1. The third-order valence-corrected chi connectivity index (χ3v) is 2.51. The highest BCUT2D eigenvalue weighted by molar-refractivity contribution is 6.32. The van der Waals surface area contributed by atoms with Crippen LogP contribution in [0.15, 0.2) is 24.8 Å². The number of hydrogen-bond donors (Lipinski definition) is 2. The Kier molecular flexibility index (Phi) is 2.73. The third-order valence-electron chi connectivity index (χ3n) is 2.51. The molecule has 3 nitrogen and oxygen atoms in total. The summed E-state index contributed by atoms with van der Waals surface area (Å²) in [4.78, 5) is 10.9. The van der Waals surface area contributed by atoms with Gasteiger partial charge in [0.1, 0.15) is 7.85 Å². The molecular weight excluding hydrogens is 201 g/mol. The summed E-state index contributed by atoms with van der Waals surface area (Å²) in [6, 6.07) is 5.23. The van der Waals surface area contributed by atoms with Gasteiger partial charge in [-0.2, -0.15) is 0 Å². The molecule has 0 aromatic heterocycles. The van der Waals surface area contributed by atoms with Crippen molar-refractivity contribution in [3.8, 4) is 0 Å². The molecule has 0 atom stereocenters. The van der Waals surface area contributed by atoms with Gasteiger partial charge < -0.3 is 10.4 Å². The molecule has 2 radical (unpaired) electrons. The Morgan fingerprint density at radius 2 is 2.00 bits per heavy atom. The molecule has 2 rings (SSSR count). The Hall–Kier alpha value is -1.71. The molecule has 0 saturated heterocycles. The first-order valence-electron chi connectivity index (χ1n) is 5.16. The lowest BCUT2D eigenvalue weighted by molar-refractivity contribution is 0.0697. The van der Waals surface area contributed by atoms with Gasteiger partial charge >= 0.3 is 5.97 Å². The number of rotatable bonds is 4. The number of hydrogen-bond acceptors (Lipinski definition) is 2. The van der Waals surface area contributed by atoms with E-state index in [4.69, 9.17) is 13.0 Å². The molecule has 1 fully saturated rings. The maximum absolute atomic E-state index is 10.9. The van der Waals surface area contributed by atoms with Crippen molar-refractivity contribution >= 4 is 25.0 Å². The summed E-state index contributed by atoms with van der Waals surface area (Å²) in [5.74, 6) is -0.979. The van der Waals surface area contributed by atoms with E-state index in [0.717, 1.165) is 24.1 Å². The van der Waals surface area contributed by atoms with Gasteiger partial charge in [-0.05, 0) is 24.5 Å². The van der Waals surface area contributed by atoms with Gasteiger partial charge in [-0.3, -0.25) is 0 Å². The topological polar surface area (TPSA) is 49.3 Å². The molecule has 0 aliphatic heterocycles. The van der Waals surface area contributed by atoms with Crippen LogP contribution in [-0.2, 0) is 0 Å². The zero-order chi connectivity index (χ0) is 11.7. The van der Waals surface area contributed by atoms with Crippen LogP contribution in [0.4, 0.5) is 0 Å². The van der Waals surface area contributed by atoms with Crippen molar-refractivity contribution < 1.29 is 9.90 Å². The van der Waals surface area contributed by atoms with Crippen molar-refractivity contribution in [2.24, 2.45) is 0 Å². The average Bonchev–Trinajstić information content (AvgIpc) is 3.00. The summed E-state index contributed by atoms with van der Waals surface area (Å²) >= 11 is 0. The Labute approximate surface area is 95.6 Å². The minimum absolute atomic E-state index is 0.189. The van der Waals surface area contributed by atoms with Crippen LogP contribution in [0.1, 0.15) is 28.8 Å². The fourth-order valence-electron chi connectivity index (χ4n) is 1.51. The molecule has 0 heterocycles. The van der Waals surface area contributed by atoms with E-state index in [-0.39, 0.29) is 5.56 Å². The van der Waals surface area contributed by atoms with Gasteiger partial charge in [0.05, 0.1) is 5.56 Å². The van der Waals surface area contributed by atoms with Crippen LogP contribution < -0.4 is 10.8 Å². The smallest absolute Gasteiger partial charge is 0.335 e. The predicted octanol–water partition coefficient (Wildman–Crippen LogP) is 0.901. The normalized spacial score (nSPS) is 14.5. The molecule has 0 bridgehead atoms. The second-order valence-electron chi connectivity index (χ2n) is 4.05. The van der Waals surface area contributed by atoms with Crippen molar-refractivity contribution in [3.63, 3.8) is 0 Å². The zero-order valence-electron chi connectivity index (χ0n) is 8.86. The minimum Gasteiger partial charge on any atom is -0.478 e. The molecule has 4 heteroatoms. The van der Waals surface area contributed by atoms with Gasteiger partial charge in [0.25, 0.3) is 0 Å². The Bertz CT molecular complexity index is 452. The van der Waals surface area contributed by atoms with E-state index < -0.39 is 5.97 Å². The average molecular weight is 213 g/mol. The lowest BCUT2D eigenvalue weighted by atomic mass is 9.91. The highest BCUT2D eigenvalue weighted by atomic mass is 16.4. The molecular formula is C12H12BNO2. The first kappa shape index (κ1) is 10.8. The largest absolute Gasteiger partial charge is 0.478 e. The lowest BCUT2D eigenvalue weighted by Crippen LogP contribution is -2.16. The Morgan fingerprint density at radius 3 is 2.56 bits per heavy atom. The summed E-state index contributed by atoms with van der Waals surface area (Å²) < 4.78 is 0. The first-order chi connectivity index (χ1) is 7.56. The molecule has 80 valence electrons. The summed E-state index contributed by atoms with van der Waals surface area (Å²) in [5.41, 5.74) is 2.10. The Balaban J connectivity index is 2.24. The number of carbonyl (C=O) groups is 1. The second kappa shape index (κ2) is 4.04. The van der Waals surface area contributed by atoms with Crippen LogP contribution >= 0.6 is 0 Å². The molecule has 1 aliphatic rings. The molecule has 1 aromatic carbocycles. The number of carboxylic acid groups (broad SMARTS) is 1. The van der Waals surface area contributed by atoms with Gasteiger partial charge in [-0.25, -0.2) is 4.79 Å². The predicted molar refractivity (Wildman–Crippen MR) is 64.0 cm³/mol. The van der Waals surface area contributed by atoms with Gasteiger partial charge in [0, 0.05) is 11.7 Å². The maximum atomic E-state index is 10.9. The van der Waals surface area contributed by atoms with E-state index in [2.05, 4.69) is 11.9 Å². The number of nitrogens with one attached hydrogen (secondary N) is 1. The molecule has 1 aliphatic carbocycles. The summed E-state index contributed by atoms with van der Waals surface area (Å²) in [6.07, 6.45) is 2.29. The first-order valence-corrected chi connectivity index (χ1v) is 5.16. The SMILES string of the molecule is [B]c1cc(C(=C)NC2CC2)cc(C(=O)O)c1. The van der Waals surface area contributed by atoms with Crippen molar-refractivity contribution in [2.75, 3.05) is 0 Å². The van der Waals surface area contributed by atoms with Crippen LogP contribution in [0.25, 0.3) is 5.70 Å². The standard InChI is InChI=1S/C12H12BNO2/c1-7(14-11-2-3-11)8-4-9(12(15)16)6-10(13)5-8/h4-6,11,14H,1-3H2,(H,15,16). The zero-order valence-corrected chi connectivity index (χ0v) is 8.86. The maximum Gasteiger partial charge on any atom is 0.335 e. The quantitative estimate of drug-likeness (QED) is 0.730. The highest BCUT2D eigenvalue weighted by Crippen LogP contribution is 2.22. The van der Waals surface area contributed by atoms with E-state index in [1.165, 1.54) is 6.07 Å². The molecule has 16 heavy (non-hydrogen) atoms. The molecule has 0 unspecified atom stereocenters. The van der Waals surface area contributed by atoms with Gasteiger partial charge in [0.15, 0.2) is 0 Å². The summed E-state index contributed by atoms with van der Waals surface area (Å²) in [6.45, 7) is 3.89. The van der Waals surface area contributed by atoms with Crippen LogP contribution in [-0.4, -0.2) is 25.0 Å². The van der Waals surface area contributed by atoms with Gasteiger partial charge in [-0.15, -0.1) is 0 Å². The summed E-state index contributed by atoms with van der Waals surface area (Å²) in [7, 11) is 5.65. The van der Waals surface area contributed by atoms with Crippen molar-refractivity contribution in [3.05, 3.63) is 35.9 Å². The molecule has 1 aromatic rings. The molecule has 2 N–H and O–H groups in total. The van der Waals surface area contributed by atoms with Crippen molar-refractivity contribution in [2.45, 2.75) is 18.9 Å². The second-order valence-corrected chi connectivity index (χ2v) is 4.05. The number of aromatic carboxylic acids is 1. The van der Waals surface area contributed by atoms with E-state index >= 15 is 0 Å². The fourth-order valence-corrected chi connectivity index (χ4v) is 1.51.